The maximum Gasteiger partial charge on any atom is 0.251 e. The molecule has 3 heterocycles. The van der Waals surface area contributed by atoms with Crippen LogP contribution in [0, 0.1) is 27.7 Å². The standard InChI is InChI=1S/C21H23N7O.ClH/c1-12-9-13(2)24-21(23-12)28-15(4)18(14(3)26-28)10-19-25-20(27-29-19)17-7-5-16(11-22)6-8-17;/h5-9H,10-11,22H2,1-4H3;1H. The third kappa shape index (κ3) is 4.24. The largest absolute Gasteiger partial charge is 0.339 e. The topological polar surface area (TPSA) is 109 Å². The molecule has 0 radical (unpaired) electrons. The zero-order valence-corrected chi connectivity index (χ0v) is 18.2. The van der Waals surface area contributed by atoms with Gasteiger partial charge in [0.05, 0.1) is 12.1 Å². The summed E-state index contributed by atoms with van der Waals surface area (Å²) in [5.74, 6) is 1.67. The molecule has 0 saturated carbocycles. The number of benzene rings is 1. The number of rotatable bonds is 5. The quantitative estimate of drug-likeness (QED) is 0.521. The third-order valence-corrected chi connectivity index (χ3v) is 4.85. The molecule has 3 aromatic heterocycles. The lowest BCUT2D eigenvalue weighted by molar-refractivity contribution is 0.385. The summed E-state index contributed by atoms with van der Waals surface area (Å²) in [6, 6.07) is 9.77. The van der Waals surface area contributed by atoms with E-state index in [2.05, 4.69) is 25.2 Å². The van der Waals surface area contributed by atoms with Crippen LogP contribution < -0.4 is 5.73 Å². The van der Waals surface area contributed by atoms with Gasteiger partial charge in [-0.05, 0) is 39.3 Å². The van der Waals surface area contributed by atoms with Gasteiger partial charge < -0.3 is 10.3 Å². The number of hydrogen-bond acceptors (Lipinski definition) is 7. The van der Waals surface area contributed by atoms with E-state index in [0.29, 0.717) is 30.6 Å². The van der Waals surface area contributed by atoms with E-state index in [4.69, 9.17) is 10.3 Å². The van der Waals surface area contributed by atoms with Gasteiger partial charge in [-0.2, -0.15) is 10.1 Å². The first-order valence-corrected chi connectivity index (χ1v) is 9.44. The molecule has 30 heavy (non-hydrogen) atoms. The molecule has 0 fully saturated rings. The van der Waals surface area contributed by atoms with E-state index in [-0.39, 0.29) is 12.4 Å². The zero-order chi connectivity index (χ0) is 20.5. The molecular weight excluding hydrogens is 402 g/mol. The van der Waals surface area contributed by atoms with Crippen LogP contribution in [-0.2, 0) is 13.0 Å². The molecule has 0 atom stereocenters. The maximum absolute atomic E-state index is 5.65. The molecule has 0 spiro atoms. The molecule has 0 unspecified atom stereocenters. The number of halogens is 1. The van der Waals surface area contributed by atoms with Gasteiger partial charge in [0, 0.05) is 34.8 Å². The van der Waals surface area contributed by atoms with Crippen molar-refractivity contribution in [3.63, 3.8) is 0 Å². The summed E-state index contributed by atoms with van der Waals surface area (Å²) >= 11 is 0. The fourth-order valence-corrected chi connectivity index (χ4v) is 3.31. The average molecular weight is 426 g/mol. The average Bonchev–Trinajstić information content (AvgIpc) is 3.27. The summed E-state index contributed by atoms with van der Waals surface area (Å²) in [6.45, 7) is 8.36. The summed E-state index contributed by atoms with van der Waals surface area (Å²) in [5.41, 5.74) is 12.3. The van der Waals surface area contributed by atoms with E-state index in [0.717, 1.165) is 39.5 Å². The Morgan fingerprint density at radius 2 is 1.63 bits per heavy atom. The Morgan fingerprint density at radius 1 is 0.967 bits per heavy atom. The first kappa shape index (κ1) is 21.6. The van der Waals surface area contributed by atoms with E-state index in [1.165, 1.54) is 0 Å². The van der Waals surface area contributed by atoms with Gasteiger partial charge in [-0.15, -0.1) is 12.4 Å². The van der Waals surface area contributed by atoms with Crippen LogP contribution in [0.3, 0.4) is 0 Å². The van der Waals surface area contributed by atoms with Gasteiger partial charge in [0.25, 0.3) is 5.95 Å². The molecule has 0 amide bonds. The van der Waals surface area contributed by atoms with Crippen LogP contribution in [0.15, 0.2) is 34.9 Å². The maximum atomic E-state index is 5.65. The van der Waals surface area contributed by atoms with Crippen molar-refractivity contribution in [2.75, 3.05) is 0 Å². The van der Waals surface area contributed by atoms with Crippen LogP contribution in [-0.4, -0.2) is 29.9 Å². The second kappa shape index (κ2) is 8.73. The zero-order valence-electron chi connectivity index (χ0n) is 17.4. The van der Waals surface area contributed by atoms with Gasteiger partial charge in [-0.3, -0.25) is 0 Å². The lowest BCUT2D eigenvalue weighted by atomic mass is 10.1. The summed E-state index contributed by atoms with van der Waals surface area (Å²) in [5, 5.41) is 8.75. The van der Waals surface area contributed by atoms with Crippen molar-refractivity contribution in [2.24, 2.45) is 5.73 Å². The monoisotopic (exact) mass is 425 g/mol. The number of nitrogens with two attached hydrogens (primary N) is 1. The lowest BCUT2D eigenvalue weighted by Crippen LogP contribution is -2.07. The summed E-state index contributed by atoms with van der Waals surface area (Å²) in [4.78, 5) is 13.6. The second-order valence-corrected chi connectivity index (χ2v) is 7.10. The van der Waals surface area contributed by atoms with Crippen molar-refractivity contribution in [2.45, 2.75) is 40.7 Å². The molecule has 0 bridgehead atoms. The summed E-state index contributed by atoms with van der Waals surface area (Å²) < 4.78 is 7.26. The van der Waals surface area contributed by atoms with Gasteiger partial charge in [-0.1, -0.05) is 29.4 Å². The third-order valence-electron chi connectivity index (χ3n) is 4.85. The molecule has 8 nitrogen and oxygen atoms in total. The molecule has 0 aliphatic rings. The number of aryl methyl sites for hydroxylation is 3. The van der Waals surface area contributed by atoms with Gasteiger partial charge in [0.1, 0.15) is 0 Å². The smallest absolute Gasteiger partial charge is 0.251 e. The first-order valence-electron chi connectivity index (χ1n) is 9.44. The Hall–Kier alpha value is -3.10. The van der Waals surface area contributed by atoms with Crippen molar-refractivity contribution in [3.05, 3.63) is 70.1 Å². The Labute approximate surface area is 181 Å². The highest BCUT2D eigenvalue weighted by Crippen LogP contribution is 2.22. The van der Waals surface area contributed by atoms with Crippen molar-refractivity contribution in [1.29, 1.82) is 0 Å². The van der Waals surface area contributed by atoms with E-state index in [9.17, 15) is 0 Å². The molecule has 4 aromatic rings. The molecule has 156 valence electrons. The number of aromatic nitrogens is 6. The lowest BCUT2D eigenvalue weighted by Gasteiger charge is -2.05. The highest BCUT2D eigenvalue weighted by Gasteiger charge is 2.18. The highest BCUT2D eigenvalue weighted by molar-refractivity contribution is 5.85. The second-order valence-electron chi connectivity index (χ2n) is 7.10. The Bertz CT molecular complexity index is 1140. The molecular formula is C21H24ClN7O. The van der Waals surface area contributed by atoms with Crippen LogP contribution in [0.4, 0.5) is 0 Å². The minimum Gasteiger partial charge on any atom is -0.339 e. The number of nitrogens with zero attached hydrogens (tertiary/aromatic N) is 6. The van der Waals surface area contributed by atoms with Gasteiger partial charge in [-0.25, -0.2) is 14.6 Å². The fourth-order valence-electron chi connectivity index (χ4n) is 3.31. The van der Waals surface area contributed by atoms with Crippen LogP contribution in [0.1, 0.15) is 39.8 Å². The van der Waals surface area contributed by atoms with Crippen LogP contribution >= 0.6 is 12.4 Å². The van der Waals surface area contributed by atoms with Gasteiger partial charge in [0.15, 0.2) is 0 Å². The predicted molar refractivity (Wildman–Crippen MR) is 116 cm³/mol. The normalized spacial score (nSPS) is 10.8. The molecule has 9 heteroatoms. The van der Waals surface area contributed by atoms with E-state index < -0.39 is 0 Å². The fraction of sp³-hybridized carbons (Fsp3) is 0.286. The SMILES string of the molecule is Cc1cc(C)nc(-n2nc(C)c(Cc3nc(-c4ccc(CN)cc4)no3)c2C)n1.Cl. The molecule has 0 aliphatic heterocycles. The van der Waals surface area contributed by atoms with Crippen molar-refractivity contribution < 1.29 is 4.52 Å². The minimum atomic E-state index is 0. The van der Waals surface area contributed by atoms with E-state index >= 15 is 0 Å². The van der Waals surface area contributed by atoms with E-state index in [1.807, 2.05) is 58.0 Å². The van der Waals surface area contributed by atoms with E-state index in [1.54, 1.807) is 4.68 Å². The number of hydrogen-bond donors (Lipinski definition) is 1. The van der Waals surface area contributed by atoms with Gasteiger partial charge >= 0.3 is 0 Å². The Balaban J connectivity index is 0.00000256. The van der Waals surface area contributed by atoms with Crippen LogP contribution in [0.2, 0.25) is 0 Å². The summed E-state index contributed by atoms with van der Waals surface area (Å²) in [6.07, 6.45) is 0.496. The van der Waals surface area contributed by atoms with Crippen molar-refractivity contribution in [3.8, 4) is 17.3 Å². The molecule has 0 aliphatic carbocycles. The predicted octanol–water partition coefficient (Wildman–Crippen LogP) is 3.42. The van der Waals surface area contributed by atoms with Crippen LogP contribution in [0.25, 0.3) is 17.3 Å². The Kier molecular flexibility index (Phi) is 6.28. The minimum absolute atomic E-state index is 0. The molecule has 4 rings (SSSR count). The van der Waals surface area contributed by atoms with Crippen molar-refractivity contribution in [1.82, 2.24) is 29.9 Å². The van der Waals surface area contributed by atoms with Gasteiger partial charge in [0.2, 0.25) is 11.7 Å². The highest BCUT2D eigenvalue weighted by atomic mass is 35.5. The molecule has 0 saturated heterocycles. The van der Waals surface area contributed by atoms with Crippen molar-refractivity contribution >= 4 is 12.4 Å². The Morgan fingerprint density at radius 3 is 2.27 bits per heavy atom. The summed E-state index contributed by atoms with van der Waals surface area (Å²) in [7, 11) is 0. The molecule has 2 N–H and O–H groups in total. The van der Waals surface area contributed by atoms with Crippen LogP contribution in [0.5, 0.6) is 0 Å². The first-order chi connectivity index (χ1) is 13.9. The molecule has 1 aromatic carbocycles.